The van der Waals surface area contributed by atoms with E-state index in [0.717, 1.165) is 12.5 Å². The summed E-state index contributed by atoms with van der Waals surface area (Å²) in [5.74, 6) is 0. The minimum Gasteiger partial charge on any atom is -0.284 e. The second kappa shape index (κ2) is 4.71. The SMILES string of the molecule is CS(=O)(=O)Nc1cc(Cl)cc(NS(C)(=O)=O)c1. The van der Waals surface area contributed by atoms with E-state index in [4.69, 9.17) is 11.6 Å². The van der Waals surface area contributed by atoms with Crippen LogP contribution in [0.4, 0.5) is 11.4 Å². The third-order valence-corrected chi connectivity index (χ3v) is 2.94. The van der Waals surface area contributed by atoms with Gasteiger partial charge in [0.25, 0.3) is 0 Å². The summed E-state index contributed by atoms with van der Waals surface area (Å²) in [7, 11) is -6.88. The zero-order chi connectivity index (χ0) is 13.3. The largest absolute Gasteiger partial charge is 0.284 e. The lowest BCUT2D eigenvalue weighted by molar-refractivity contribution is 0.605. The van der Waals surface area contributed by atoms with Crippen molar-refractivity contribution in [1.29, 1.82) is 0 Å². The Balaban J connectivity index is 3.11. The highest BCUT2D eigenvalue weighted by atomic mass is 35.5. The van der Waals surface area contributed by atoms with Gasteiger partial charge in [0.2, 0.25) is 20.0 Å². The molecule has 0 radical (unpaired) electrons. The summed E-state index contributed by atoms with van der Waals surface area (Å²) in [6, 6.07) is 4.07. The van der Waals surface area contributed by atoms with Gasteiger partial charge in [0.05, 0.1) is 23.9 Å². The number of hydrogen-bond donors (Lipinski definition) is 2. The van der Waals surface area contributed by atoms with Gasteiger partial charge in [0.15, 0.2) is 0 Å². The molecule has 0 aliphatic rings. The van der Waals surface area contributed by atoms with Crippen LogP contribution in [0.5, 0.6) is 0 Å². The van der Waals surface area contributed by atoms with Crippen LogP contribution >= 0.6 is 11.6 Å². The van der Waals surface area contributed by atoms with Gasteiger partial charge < -0.3 is 0 Å². The lowest BCUT2D eigenvalue weighted by Gasteiger charge is -2.08. The summed E-state index contributed by atoms with van der Waals surface area (Å²) in [6.45, 7) is 0. The Kier molecular flexibility index (Phi) is 3.90. The van der Waals surface area contributed by atoms with Crippen LogP contribution in [0.1, 0.15) is 0 Å². The van der Waals surface area contributed by atoms with E-state index in [2.05, 4.69) is 9.44 Å². The Morgan fingerprint density at radius 2 is 1.24 bits per heavy atom. The van der Waals surface area contributed by atoms with E-state index in [0.29, 0.717) is 0 Å². The topological polar surface area (TPSA) is 92.3 Å². The Hall–Kier alpha value is -0.990. The quantitative estimate of drug-likeness (QED) is 0.870. The zero-order valence-electron chi connectivity index (χ0n) is 9.06. The van der Waals surface area contributed by atoms with E-state index in [9.17, 15) is 16.8 Å². The van der Waals surface area contributed by atoms with Crippen molar-refractivity contribution in [2.45, 2.75) is 0 Å². The number of benzene rings is 1. The molecule has 0 amide bonds. The molecule has 1 aromatic carbocycles. The highest BCUT2D eigenvalue weighted by Gasteiger charge is 2.07. The van der Waals surface area contributed by atoms with E-state index in [-0.39, 0.29) is 16.4 Å². The number of rotatable bonds is 4. The number of hydrogen-bond acceptors (Lipinski definition) is 4. The average molecular weight is 299 g/mol. The molecule has 2 N–H and O–H groups in total. The van der Waals surface area contributed by atoms with Gasteiger partial charge in [-0.2, -0.15) is 0 Å². The van der Waals surface area contributed by atoms with Gasteiger partial charge >= 0.3 is 0 Å². The number of halogens is 1. The fourth-order valence-corrected chi connectivity index (χ4v) is 2.46. The first kappa shape index (κ1) is 14.1. The normalized spacial score (nSPS) is 12.2. The maximum Gasteiger partial charge on any atom is 0.229 e. The fourth-order valence-electron chi connectivity index (χ4n) is 1.14. The van der Waals surface area contributed by atoms with Crippen molar-refractivity contribution < 1.29 is 16.8 Å². The maximum atomic E-state index is 11.0. The molecule has 1 rings (SSSR count). The molecule has 0 bridgehead atoms. The molecule has 0 aromatic heterocycles. The Labute approximate surface area is 105 Å². The van der Waals surface area contributed by atoms with Crippen LogP contribution in [0.3, 0.4) is 0 Å². The smallest absolute Gasteiger partial charge is 0.229 e. The van der Waals surface area contributed by atoms with Crippen molar-refractivity contribution in [3.05, 3.63) is 23.2 Å². The summed E-state index contributed by atoms with van der Waals surface area (Å²) in [6.07, 6.45) is 1.97. The molecule has 1 aromatic rings. The lowest BCUT2D eigenvalue weighted by Crippen LogP contribution is -2.12. The summed E-state index contributed by atoms with van der Waals surface area (Å²) in [5.41, 5.74) is 0.373. The fraction of sp³-hybridized carbons (Fsp3) is 0.250. The first-order valence-corrected chi connectivity index (χ1v) is 8.47. The molecule has 0 aliphatic carbocycles. The Morgan fingerprint density at radius 1 is 0.882 bits per heavy atom. The molecule has 0 heterocycles. The number of nitrogens with one attached hydrogen (secondary N) is 2. The van der Waals surface area contributed by atoms with Gasteiger partial charge in [-0.3, -0.25) is 9.44 Å². The first-order chi connectivity index (χ1) is 7.55. The summed E-state index contributed by atoms with van der Waals surface area (Å²) >= 11 is 5.74. The van der Waals surface area contributed by atoms with E-state index < -0.39 is 20.0 Å². The molecule has 0 aliphatic heterocycles. The molecule has 0 spiro atoms. The zero-order valence-corrected chi connectivity index (χ0v) is 11.4. The van der Waals surface area contributed by atoms with Crippen LogP contribution < -0.4 is 9.44 Å². The van der Waals surface area contributed by atoms with Crippen molar-refractivity contribution in [2.75, 3.05) is 22.0 Å². The van der Waals surface area contributed by atoms with E-state index in [1.54, 1.807) is 0 Å². The predicted octanol–water partition coefficient (Wildman–Crippen LogP) is 1.08. The Bertz CT molecular complexity index is 573. The molecule has 0 saturated carbocycles. The molecule has 17 heavy (non-hydrogen) atoms. The van der Waals surface area contributed by atoms with Gasteiger partial charge in [-0.1, -0.05) is 11.6 Å². The molecule has 9 heteroatoms. The molecule has 0 unspecified atom stereocenters. The van der Waals surface area contributed by atoms with E-state index in [1.807, 2.05) is 0 Å². The summed E-state index contributed by atoms with van der Waals surface area (Å²) in [5, 5.41) is 0.213. The second-order valence-electron chi connectivity index (χ2n) is 3.48. The highest BCUT2D eigenvalue weighted by molar-refractivity contribution is 7.92. The minimum atomic E-state index is -3.44. The van der Waals surface area contributed by atoms with Crippen LogP contribution in [-0.2, 0) is 20.0 Å². The molecule has 0 atom stereocenters. The average Bonchev–Trinajstić information content (AvgIpc) is 1.93. The van der Waals surface area contributed by atoms with E-state index in [1.165, 1.54) is 18.2 Å². The van der Waals surface area contributed by atoms with Crippen molar-refractivity contribution in [3.63, 3.8) is 0 Å². The Morgan fingerprint density at radius 3 is 1.53 bits per heavy atom. The highest BCUT2D eigenvalue weighted by Crippen LogP contribution is 2.23. The minimum absolute atomic E-state index is 0.186. The van der Waals surface area contributed by atoms with Gasteiger partial charge in [0, 0.05) is 5.02 Å². The maximum absolute atomic E-state index is 11.0. The number of sulfonamides is 2. The van der Waals surface area contributed by atoms with Crippen molar-refractivity contribution in [2.24, 2.45) is 0 Å². The lowest BCUT2D eigenvalue weighted by atomic mass is 10.3. The van der Waals surface area contributed by atoms with Gasteiger partial charge in [-0.25, -0.2) is 16.8 Å². The number of anilines is 2. The first-order valence-electron chi connectivity index (χ1n) is 4.31. The molecule has 0 fully saturated rings. The molecular formula is C8H11ClN2O4S2. The van der Waals surface area contributed by atoms with Gasteiger partial charge in [-0.05, 0) is 18.2 Å². The van der Waals surface area contributed by atoms with Crippen molar-refractivity contribution >= 4 is 43.0 Å². The standard InChI is InChI=1S/C8H11ClN2O4S2/c1-16(12,13)10-7-3-6(9)4-8(5-7)11-17(2,14)15/h3-5,10-11H,1-2H3. The van der Waals surface area contributed by atoms with Gasteiger partial charge in [0.1, 0.15) is 0 Å². The summed E-state index contributed by atoms with van der Waals surface area (Å²) in [4.78, 5) is 0. The second-order valence-corrected chi connectivity index (χ2v) is 7.41. The van der Waals surface area contributed by atoms with Crippen LogP contribution in [0.25, 0.3) is 0 Å². The molecular weight excluding hydrogens is 288 g/mol. The van der Waals surface area contributed by atoms with Gasteiger partial charge in [-0.15, -0.1) is 0 Å². The van der Waals surface area contributed by atoms with Crippen LogP contribution in [-0.4, -0.2) is 29.3 Å². The van der Waals surface area contributed by atoms with Crippen molar-refractivity contribution in [3.8, 4) is 0 Å². The summed E-state index contributed by atoms with van der Waals surface area (Å²) < 4.78 is 48.5. The molecule has 6 nitrogen and oxygen atoms in total. The van der Waals surface area contributed by atoms with Crippen LogP contribution in [0.2, 0.25) is 5.02 Å². The molecule has 0 saturated heterocycles. The molecule has 96 valence electrons. The monoisotopic (exact) mass is 298 g/mol. The third kappa shape index (κ3) is 5.76. The van der Waals surface area contributed by atoms with Crippen LogP contribution in [0, 0.1) is 0 Å². The van der Waals surface area contributed by atoms with Crippen LogP contribution in [0.15, 0.2) is 18.2 Å². The predicted molar refractivity (Wildman–Crippen MR) is 68.4 cm³/mol. The van der Waals surface area contributed by atoms with Crippen molar-refractivity contribution in [1.82, 2.24) is 0 Å². The van der Waals surface area contributed by atoms with E-state index >= 15 is 0 Å². The third-order valence-electron chi connectivity index (χ3n) is 1.50.